The number of rotatable bonds is 1. The molecule has 2 atom stereocenters. The summed E-state index contributed by atoms with van der Waals surface area (Å²) in [6.45, 7) is 0. The van der Waals surface area contributed by atoms with Crippen LogP contribution < -0.4 is 0 Å². The van der Waals surface area contributed by atoms with Crippen LogP contribution in [0.2, 0.25) is 0 Å². The number of carbonyl (C=O) groups excluding carboxylic acids is 1. The molecule has 0 spiro atoms. The molecule has 2 saturated heterocycles. The van der Waals surface area contributed by atoms with Crippen molar-refractivity contribution in [2.45, 2.75) is 48.8 Å². The highest BCUT2D eigenvalue weighted by Crippen LogP contribution is 2.36. The van der Waals surface area contributed by atoms with E-state index in [1.54, 1.807) is 0 Å². The number of carbonyl (C=O) groups is 1. The fraction of sp³-hybridized carbons (Fsp3) is 0.500. The van der Waals surface area contributed by atoms with E-state index >= 15 is 0 Å². The maximum Gasteiger partial charge on any atom is 0.254 e. The van der Waals surface area contributed by atoms with E-state index in [1.807, 2.05) is 29.2 Å². The molecule has 3 nitrogen and oxygen atoms in total. The average Bonchev–Trinajstić information content (AvgIpc) is 2.62. The number of benzene rings is 1. The third-order valence-corrected chi connectivity index (χ3v) is 4.36. The van der Waals surface area contributed by atoms with Crippen LogP contribution in [0.4, 0.5) is 0 Å². The molecule has 2 fully saturated rings. The number of fused-ring (bicyclic) bond motifs is 2. The smallest absolute Gasteiger partial charge is 0.254 e. The topological polar surface area (TPSA) is 40.5 Å². The summed E-state index contributed by atoms with van der Waals surface area (Å²) < 4.78 is 0. The monoisotopic (exact) mass is 263 g/mol. The molecule has 96 valence electrons. The Balaban J connectivity index is 1.83. The van der Waals surface area contributed by atoms with Crippen LogP contribution in [0.15, 0.2) is 29.2 Å². The van der Waals surface area contributed by atoms with Gasteiger partial charge in [-0.3, -0.25) is 4.79 Å². The summed E-state index contributed by atoms with van der Waals surface area (Å²) in [6, 6.07) is 7.79. The van der Waals surface area contributed by atoms with E-state index in [-0.39, 0.29) is 24.1 Å². The summed E-state index contributed by atoms with van der Waals surface area (Å²) in [6.07, 6.45) is 3.28. The third-order valence-electron chi connectivity index (χ3n) is 4.06. The van der Waals surface area contributed by atoms with Gasteiger partial charge in [-0.15, -0.1) is 12.6 Å². The average molecular weight is 263 g/mol. The van der Waals surface area contributed by atoms with Crippen molar-refractivity contribution in [3.8, 4) is 0 Å². The van der Waals surface area contributed by atoms with Gasteiger partial charge in [-0.05, 0) is 49.9 Å². The van der Waals surface area contributed by atoms with Gasteiger partial charge in [-0.2, -0.15) is 0 Å². The van der Waals surface area contributed by atoms with Crippen molar-refractivity contribution in [3.05, 3.63) is 29.8 Å². The van der Waals surface area contributed by atoms with Gasteiger partial charge in [0.2, 0.25) is 0 Å². The van der Waals surface area contributed by atoms with Crippen LogP contribution >= 0.6 is 12.6 Å². The van der Waals surface area contributed by atoms with Crippen LogP contribution in [0, 0.1) is 0 Å². The van der Waals surface area contributed by atoms with Gasteiger partial charge in [0.05, 0.1) is 6.10 Å². The van der Waals surface area contributed by atoms with Crippen molar-refractivity contribution in [1.82, 2.24) is 4.90 Å². The second-order valence-corrected chi connectivity index (χ2v) is 5.79. The second kappa shape index (κ2) is 4.59. The first-order valence-corrected chi connectivity index (χ1v) is 6.89. The quantitative estimate of drug-likeness (QED) is 0.762. The van der Waals surface area contributed by atoms with E-state index < -0.39 is 0 Å². The van der Waals surface area contributed by atoms with Crippen molar-refractivity contribution in [2.24, 2.45) is 0 Å². The van der Waals surface area contributed by atoms with Crippen molar-refractivity contribution >= 4 is 18.5 Å². The number of aliphatic hydroxyl groups is 1. The Morgan fingerprint density at radius 3 is 2.28 bits per heavy atom. The summed E-state index contributed by atoms with van der Waals surface area (Å²) in [5.41, 5.74) is 0.723. The maximum absolute atomic E-state index is 12.5. The minimum atomic E-state index is -0.230. The number of nitrogens with zero attached hydrogens (tertiary/aromatic N) is 1. The molecule has 1 N–H and O–H groups in total. The summed E-state index contributed by atoms with van der Waals surface area (Å²) in [4.78, 5) is 15.3. The van der Waals surface area contributed by atoms with E-state index in [1.165, 1.54) is 0 Å². The Labute approximate surface area is 112 Å². The van der Waals surface area contributed by atoms with Crippen LogP contribution in [0.3, 0.4) is 0 Å². The Hall–Kier alpha value is -1.00. The summed E-state index contributed by atoms with van der Waals surface area (Å²) in [7, 11) is 0. The summed E-state index contributed by atoms with van der Waals surface area (Å²) in [5, 5.41) is 9.75. The minimum absolute atomic E-state index is 0.0998. The highest BCUT2D eigenvalue weighted by Gasteiger charge is 2.42. The summed E-state index contributed by atoms with van der Waals surface area (Å²) in [5.74, 6) is 0.0998. The van der Waals surface area contributed by atoms with Crippen molar-refractivity contribution in [2.75, 3.05) is 0 Å². The molecule has 1 aromatic carbocycles. The fourth-order valence-electron chi connectivity index (χ4n) is 3.23. The predicted octanol–water partition coefficient (Wildman–Crippen LogP) is 2.10. The number of hydrogen-bond donors (Lipinski definition) is 2. The molecule has 1 amide bonds. The van der Waals surface area contributed by atoms with Gasteiger partial charge >= 0.3 is 0 Å². The Morgan fingerprint density at radius 1 is 1.17 bits per heavy atom. The largest absolute Gasteiger partial charge is 0.393 e. The summed E-state index contributed by atoms with van der Waals surface area (Å²) >= 11 is 4.23. The second-order valence-electron chi connectivity index (χ2n) is 5.27. The van der Waals surface area contributed by atoms with Gasteiger partial charge in [0.1, 0.15) is 0 Å². The number of hydrogen-bond acceptors (Lipinski definition) is 3. The minimum Gasteiger partial charge on any atom is -0.393 e. The lowest BCUT2D eigenvalue weighted by Crippen LogP contribution is -2.47. The van der Waals surface area contributed by atoms with Gasteiger partial charge in [0, 0.05) is 22.5 Å². The van der Waals surface area contributed by atoms with Crippen LogP contribution in [0.1, 0.15) is 36.0 Å². The molecule has 0 saturated carbocycles. The molecular weight excluding hydrogens is 246 g/mol. The number of amides is 1. The number of aliphatic hydroxyl groups excluding tert-OH is 1. The maximum atomic E-state index is 12.5. The zero-order chi connectivity index (χ0) is 12.7. The molecule has 2 aliphatic heterocycles. The molecule has 2 heterocycles. The number of thiol groups is 1. The lowest BCUT2D eigenvalue weighted by Gasteiger charge is -2.37. The first kappa shape index (κ1) is 12.1. The fourth-order valence-corrected chi connectivity index (χ4v) is 3.38. The van der Waals surface area contributed by atoms with Crippen molar-refractivity contribution in [3.63, 3.8) is 0 Å². The van der Waals surface area contributed by atoms with Gasteiger partial charge in [0.15, 0.2) is 0 Å². The van der Waals surface area contributed by atoms with Crippen LogP contribution in [0.25, 0.3) is 0 Å². The molecule has 18 heavy (non-hydrogen) atoms. The Kier molecular flexibility index (Phi) is 3.08. The first-order chi connectivity index (χ1) is 8.65. The first-order valence-electron chi connectivity index (χ1n) is 6.45. The normalized spacial score (nSPS) is 30.6. The van der Waals surface area contributed by atoms with E-state index in [9.17, 15) is 9.90 Å². The molecule has 1 aromatic rings. The van der Waals surface area contributed by atoms with E-state index in [0.717, 1.165) is 36.1 Å². The van der Waals surface area contributed by atoms with E-state index in [2.05, 4.69) is 12.6 Å². The molecule has 0 aliphatic carbocycles. The SMILES string of the molecule is O=C(c1ccc(S)cc1)N1C2CCC1CC(O)C2. The highest BCUT2D eigenvalue weighted by molar-refractivity contribution is 7.80. The predicted molar refractivity (Wildman–Crippen MR) is 71.9 cm³/mol. The Bertz CT molecular complexity index is 445. The van der Waals surface area contributed by atoms with Gasteiger partial charge in [-0.1, -0.05) is 0 Å². The van der Waals surface area contributed by atoms with Crippen molar-refractivity contribution in [1.29, 1.82) is 0 Å². The molecule has 4 heteroatoms. The van der Waals surface area contributed by atoms with E-state index in [0.29, 0.717) is 0 Å². The standard InChI is InChI=1S/C14H17NO2S/c16-12-7-10-3-4-11(8-12)15(10)14(17)9-1-5-13(18)6-2-9/h1-2,5-6,10-12,16,18H,3-4,7-8H2. The lowest BCUT2D eigenvalue weighted by atomic mass is 9.99. The van der Waals surface area contributed by atoms with Crippen LogP contribution in [0.5, 0.6) is 0 Å². The van der Waals surface area contributed by atoms with E-state index in [4.69, 9.17) is 0 Å². The number of piperidine rings is 1. The molecular formula is C14H17NO2S. The van der Waals surface area contributed by atoms with Crippen LogP contribution in [-0.2, 0) is 0 Å². The zero-order valence-corrected chi connectivity index (χ0v) is 11.0. The van der Waals surface area contributed by atoms with Gasteiger partial charge in [-0.25, -0.2) is 0 Å². The molecule has 2 bridgehead atoms. The zero-order valence-electron chi connectivity index (χ0n) is 10.1. The molecule has 3 rings (SSSR count). The van der Waals surface area contributed by atoms with Crippen molar-refractivity contribution < 1.29 is 9.90 Å². The molecule has 2 aliphatic rings. The molecule has 0 aromatic heterocycles. The van der Waals surface area contributed by atoms with Crippen LogP contribution in [-0.4, -0.2) is 34.1 Å². The molecule has 0 radical (unpaired) electrons. The Morgan fingerprint density at radius 2 is 1.72 bits per heavy atom. The van der Waals surface area contributed by atoms with Gasteiger partial charge in [0.25, 0.3) is 5.91 Å². The molecule has 2 unspecified atom stereocenters. The van der Waals surface area contributed by atoms with Gasteiger partial charge < -0.3 is 10.0 Å². The third kappa shape index (κ3) is 2.04. The highest BCUT2D eigenvalue weighted by atomic mass is 32.1. The lowest BCUT2D eigenvalue weighted by molar-refractivity contribution is 0.0287.